The third kappa shape index (κ3) is 5.18. The van der Waals surface area contributed by atoms with Crippen LogP contribution in [0.25, 0.3) is 17.0 Å². The fourth-order valence-corrected chi connectivity index (χ4v) is 9.37. The van der Waals surface area contributed by atoms with Gasteiger partial charge < -0.3 is 0 Å². The van der Waals surface area contributed by atoms with Gasteiger partial charge in [0, 0.05) is 15.6 Å². The quantitative estimate of drug-likeness (QED) is 0.125. The standard InChI is InChI=1S/C41H31BrN3P/c1-3-15-29(16-4-2)38-43-39(30-17-7-5-8-18-30)45-40(44-38)41(31-25-27-32(42)28-26-31)34-21-11-13-23-36(34)46(33-19-9-6-10-20-33)37-24-14-12-22-35(37)41/h3-28H,1H2,2H3/b16-4-,29-15+. The molecule has 0 saturated carbocycles. The number of rotatable bonds is 7. The van der Waals surface area contributed by atoms with Crippen molar-refractivity contribution in [2.75, 3.05) is 0 Å². The van der Waals surface area contributed by atoms with E-state index < -0.39 is 13.3 Å². The number of nitrogens with zero attached hydrogens (tertiary/aromatic N) is 3. The monoisotopic (exact) mass is 675 g/mol. The zero-order chi connectivity index (χ0) is 31.5. The van der Waals surface area contributed by atoms with E-state index >= 15 is 0 Å². The molecule has 1 aliphatic heterocycles. The van der Waals surface area contributed by atoms with Gasteiger partial charge in [0.15, 0.2) is 17.5 Å². The van der Waals surface area contributed by atoms with Crippen LogP contribution in [0, 0.1) is 0 Å². The molecule has 0 bridgehead atoms. The predicted molar refractivity (Wildman–Crippen MR) is 197 cm³/mol. The molecular weight excluding hydrogens is 645 g/mol. The van der Waals surface area contributed by atoms with E-state index in [1.165, 1.54) is 27.0 Å². The molecule has 6 aromatic rings. The first-order chi connectivity index (χ1) is 22.6. The van der Waals surface area contributed by atoms with Crippen molar-refractivity contribution >= 4 is 45.3 Å². The molecule has 5 heteroatoms. The molecule has 0 N–H and O–H groups in total. The van der Waals surface area contributed by atoms with Crippen LogP contribution >= 0.6 is 23.9 Å². The predicted octanol–water partition coefficient (Wildman–Crippen LogP) is 8.90. The maximum absolute atomic E-state index is 5.39. The molecule has 0 saturated heterocycles. The minimum Gasteiger partial charge on any atom is -0.211 e. The highest BCUT2D eigenvalue weighted by atomic mass is 79.9. The van der Waals surface area contributed by atoms with E-state index in [-0.39, 0.29) is 0 Å². The first kappa shape index (κ1) is 29.9. The molecule has 0 atom stereocenters. The molecule has 222 valence electrons. The van der Waals surface area contributed by atoms with Crippen LogP contribution in [0.1, 0.15) is 35.3 Å². The number of hydrogen-bond donors (Lipinski definition) is 0. The number of benzene rings is 5. The van der Waals surface area contributed by atoms with Crippen molar-refractivity contribution in [2.45, 2.75) is 12.3 Å². The second-order valence-electron chi connectivity index (χ2n) is 11.0. The summed E-state index contributed by atoms with van der Waals surface area (Å²) < 4.78 is 1.01. The van der Waals surface area contributed by atoms with Crippen LogP contribution in [0.4, 0.5) is 0 Å². The summed E-state index contributed by atoms with van der Waals surface area (Å²) in [5.41, 5.74) is 4.44. The molecule has 3 nitrogen and oxygen atoms in total. The number of allylic oxidation sites excluding steroid dienone is 5. The molecule has 0 fully saturated rings. The Labute approximate surface area is 280 Å². The number of fused-ring (bicyclic) bond motifs is 2. The Morgan fingerprint density at radius 3 is 1.89 bits per heavy atom. The van der Waals surface area contributed by atoms with Crippen LogP contribution in [0.5, 0.6) is 0 Å². The van der Waals surface area contributed by atoms with Crippen LogP contribution < -0.4 is 15.9 Å². The highest BCUT2D eigenvalue weighted by molar-refractivity contribution is 9.10. The molecule has 1 aromatic heterocycles. The lowest BCUT2D eigenvalue weighted by Gasteiger charge is -2.43. The van der Waals surface area contributed by atoms with Crippen LogP contribution in [0.2, 0.25) is 0 Å². The van der Waals surface area contributed by atoms with E-state index in [0.29, 0.717) is 17.5 Å². The van der Waals surface area contributed by atoms with Gasteiger partial charge in [0.2, 0.25) is 0 Å². The molecule has 1 aliphatic rings. The first-order valence-electron chi connectivity index (χ1n) is 15.2. The Kier molecular flexibility index (Phi) is 8.41. The lowest BCUT2D eigenvalue weighted by atomic mass is 9.68. The maximum atomic E-state index is 5.39. The summed E-state index contributed by atoms with van der Waals surface area (Å²) in [7, 11) is -0.843. The minimum atomic E-state index is -0.843. The highest BCUT2D eigenvalue weighted by Gasteiger charge is 2.49. The number of aromatic nitrogens is 3. The van der Waals surface area contributed by atoms with Crippen molar-refractivity contribution in [2.24, 2.45) is 0 Å². The van der Waals surface area contributed by atoms with Crippen molar-refractivity contribution in [3.63, 3.8) is 0 Å². The van der Waals surface area contributed by atoms with Gasteiger partial charge in [-0.15, -0.1) is 0 Å². The summed E-state index contributed by atoms with van der Waals surface area (Å²) in [6.07, 6.45) is 7.77. The summed E-state index contributed by atoms with van der Waals surface area (Å²) in [4.78, 5) is 15.8. The van der Waals surface area contributed by atoms with Gasteiger partial charge in [-0.2, -0.15) is 0 Å². The number of hydrogen-bond acceptors (Lipinski definition) is 3. The Hall–Kier alpha value is -4.76. The summed E-state index contributed by atoms with van der Waals surface area (Å²) in [5.74, 6) is 1.91. The fraction of sp³-hybridized carbons (Fsp3) is 0.0488. The van der Waals surface area contributed by atoms with E-state index in [2.05, 4.69) is 138 Å². The third-order valence-corrected chi connectivity index (χ3v) is 11.4. The van der Waals surface area contributed by atoms with Gasteiger partial charge in [-0.1, -0.05) is 168 Å². The van der Waals surface area contributed by atoms with Gasteiger partial charge in [-0.05, 0) is 59.6 Å². The number of halogens is 1. The topological polar surface area (TPSA) is 38.7 Å². The van der Waals surface area contributed by atoms with Crippen molar-refractivity contribution in [1.82, 2.24) is 15.0 Å². The van der Waals surface area contributed by atoms with E-state index in [1.807, 2.05) is 43.4 Å². The fourth-order valence-electron chi connectivity index (χ4n) is 6.38. The summed E-state index contributed by atoms with van der Waals surface area (Å²) in [6.45, 7) is 5.98. The van der Waals surface area contributed by atoms with Gasteiger partial charge >= 0.3 is 0 Å². The average molecular weight is 677 g/mol. The lowest BCUT2D eigenvalue weighted by Crippen LogP contribution is -2.46. The van der Waals surface area contributed by atoms with Gasteiger partial charge in [0.1, 0.15) is 5.41 Å². The van der Waals surface area contributed by atoms with Gasteiger partial charge in [0.05, 0.1) is 0 Å². The van der Waals surface area contributed by atoms with E-state index in [1.54, 1.807) is 6.08 Å². The Balaban J connectivity index is 1.65. The second kappa shape index (κ2) is 12.9. The first-order valence-corrected chi connectivity index (χ1v) is 17.4. The van der Waals surface area contributed by atoms with Crippen molar-refractivity contribution in [3.8, 4) is 11.4 Å². The zero-order valence-corrected chi connectivity index (χ0v) is 27.9. The zero-order valence-electron chi connectivity index (χ0n) is 25.4. The average Bonchev–Trinajstić information content (AvgIpc) is 3.11. The van der Waals surface area contributed by atoms with Crippen molar-refractivity contribution in [3.05, 3.63) is 197 Å². The van der Waals surface area contributed by atoms with Crippen LogP contribution in [-0.2, 0) is 5.41 Å². The molecule has 0 unspecified atom stereocenters. The second-order valence-corrected chi connectivity index (χ2v) is 14.1. The van der Waals surface area contributed by atoms with E-state index in [9.17, 15) is 0 Å². The third-order valence-electron chi connectivity index (χ3n) is 8.29. The van der Waals surface area contributed by atoms with E-state index in [4.69, 9.17) is 15.0 Å². The molecule has 0 radical (unpaired) electrons. The molecule has 0 aliphatic carbocycles. The van der Waals surface area contributed by atoms with E-state index in [0.717, 1.165) is 21.2 Å². The Bertz CT molecular complexity index is 2040. The Morgan fingerprint density at radius 1 is 0.696 bits per heavy atom. The SMILES string of the molecule is C=C/C=C(\C=C/C)c1nc(-c2ccccc2)nc(C2(c3ccc(Br)cc3)c3ccccc3P(c3ccccc3)c3ccccc32)n1. The van der Waals surface area contributed by atoms with Gasteiger partial charge in [-0.25, -0.2) is 15.0 Å². The normalized spacial score (nSPS) is 17.3. The molecule has 2 heterocycles. The minimum absolute atomic E-state index is 0.601. The Morgan fingerprint density at radius 2 is 1.28 bits per heavy atom. The summed E-state index contributed by atoms with van der Waals surface area (Å²) in [6, 6.07) is 47.4. The van der Waals surface area contributed by atoms with Gasteiger partial charge in [-0.3, -0.25) is 0 Å². The summed E-state index contributed by atoms with van der Waals surface area (Å²) in [5, 5.41) is 3.90. The molecule has 46 heavy (non-hydrogen) atoms. The lowest BCUT2D eigenvalue weighted by molar-refractivity contribution is 0.676. The highest BCUT2D eigenvalue weighted by Crippen LogP contribution is 2.52. The molecule has 5 aromatic carbocycles. The molecular formula is C41H31BrN3P. The van der Waals surface area contributed by atoms with Crippen molar-refractivity contribution in [1.29, 1.82) is 0 Å². The van der Waals surface area contributed by atoms with Crippen LogP contribution in [-0.4, -0.2) is 15.0 Å². The molecule has 0 spiro atoms. The van der Waals surface area contributed by atoms with Gasteiger partial charge in [0.25, 0.3) is 0 Å². The molecule has 7 rings (SSSR count). The summed E-state index contributed by atoms with van der Waals surface area (Å²) >= 11 is 3.69. The smallest absolute Gasteiger partial charge is 0.163 e. The van der Waals surface area contributed by atoms with Crippen LogP contribution in [0.15, 0.2) is 169 Å². The maximum Gasteiger partial charge on any atom is 0.163 e. The van der Waals surface area contributed by atoms with Crippen molar-refractivity contribution < 1.29 is 0 Å². The molecule has 0 amide bonds. The van der Waals surface area contributed by atoms with Crippen LogP contribution in [0.3, 0.4) is 0 Å². The largest absolute Gasteiger partial charge is 0.211 e.